The minimum absolute atomic E-state index is 0.106. The molecule has 0 radical (unpaired) electrons. The first kappa shape index (κ1) is 14.1. The van der Waals surface area contributed by atoms with Crippen molar-refractivity contribution in [3.05, 3.63) is 16.6 Å². The largest absolute Gasteiger partial charge is 0.481 e. The monoisotopic (exact) mass is 278 g/mol. The van der Waals surface area contributed by atoms with Gasteiger partial charge >= 0.3 is 5.97 Å². The first-order chi connectivity index (χ1) is 7.91. The molecule has 96 valence electrons. The van der Waals surface area contributed by atoms with Crippen LogP contribution in [0.4, 0.5) is 0 Å². The van der Waals surface area contributed by atoms with Crippen molar-refractivity contribution in [1.29, 1.82) is 0 Å². The molecule has 2 N–H and O–H groups in total. The summed E-state index contributed by atoms with van der Waals surface area (Å²) in [6, 6.07) is -0.384. The van der Waals surface area contributed by atoms with E-state index in [9.17, 15) is 13.2 Å². The Bertz CT molecular complexity index is 455. The highest BCUT2D eigenvalue weighted by atomic mass is 32.2. The van der Waals surface area contributed by atoms with E-state index in [2.05, 4.69) is 9.71 Å². The van der Waals surface area contributed by atoms with Crippen LogP contribution in [0.3, 0.4) is 0 Å². The van der Waals surface area contributed by atoms with E-state index in [4.69, 9.17) is 5.11 Å². The highest BCUT2D eigenvalue weighted by Crippen LogP contribution is 2.15. The maximum absolute atomic E-state index is 11.6. The lowest BCUT2D eigenvalue weighted by Crippen LogP contribution is -2.29. The molecule has 0 aliphatic rings. The van der Waals surface area contributed by atoms with E-state index in [1.54, 1.807) is 18.5 Å². The number of hydrogen-bond donors (Lipinski definition) is 2. The zero-order valence-electron chi connectivity index (χ0n) is 9.29. The summed E-state index contributed by atoms with van der Waals surface area (Å²) in [5, 5.41) is 10.9. The third-order valence-electron chi connectivity index (χ3n) is 1.98. The molecular formula is C9H14N2O4S2. The van der Waals surface area contributed by atoms with E-state index in [1.165, 1.54) is 11.3 Å². The van der Waals surface area contributed by atoms with Gasteiger partial charge in [0, 0.05) is 18.0 Å². The van der Waals surface area contributed by atoms with Crippen molar-refractivity contribution in [2.24, 2.45) is 0 Å². The Morgan fingerprint density at radius 2 is 2.35 bits per heavy atom. The summed E-state index contributed by atoms with van der Waals surface area (Å²) in [4.78, 5) is 14.3. The number of rotatable bonds is 7. The standard InChI is InChI=1S/C9H14N2O4S2/c1-7(9-10-4-5-16-9)11-17(14,15)6-2-3-8(12)13/h4-5,7,11H,2-3,6H2,1H3,(H,12,13). The maximum atomic E-state index is 11.6. The normalized spacial score (nSPS) is 13.5. The molecule has 1 aromatic rings. The number of nitrogens with zero attached hydrogens (tertiary/aromatic N) is 1. The molecule has 17 heavy (non-hydrogen) atoms. The molecule has 1 atom stereocenters. The number of aliphatic carboxylic acids is 1. The Hall–Kier alpha value is -0.990. The number of carboxylic acid groups (broad SMARTS) is 1. The molecule has 1 aromatic heterocycles. The quantitative estimate of drug-likeness (QED) is 0.775. The number of carboxylic acids is 1. The Morgan fingerprint density at radius 3 is 2.88 bits per heavy atom. The van der Waals surface area contributed by atoms with Gasteiger partial charge in [-0.1, -0.05) is 0 Å². The maximum Gasteiger partial charge on any atom is 0.303 e. The fourth-order valence-electron chi connectivity index (χ4n) is 1.24. The van der Waals surface area contributed by atoms with Gasteiger partial charge in [-0.3, -0.25) is 4.79 Å². The molecule has 0 aliphatic carbocycles. The number of sulfonamides is 1. The van der Waals surface area contributed by atoms with Crippen LogP contribution in [0.15, 0.2) is 11.6 Å². The lowest BCUT2D eigenvalue weighted by Gasteiger charge is -2.11. The summed E-state index contributed by atoms with van der Waals surface area (Å²) >= 11 is 1.37. The van der Waals surface area contributed by atoms with E-state index < -0.39 is 16.0 Å². The summed E-state index contributed by atoms with van der Waals surface area (Å²) < 4.78 is 25.6. The summed E-state index contributed by atoms with van der Waals surface area (Å²) in [7, 11) is -3.45. The highest BCUT2D eigenvalue weighted by molar-refractivity contribution is 7.89. The van der Waals surface area contributed by atoms with Gasteiger partial charge in [0.15, 0.2) is 0 Å². The number of nitrogens with one attached hydrogen (secondary N) is 1. The van der Waals surface area contributed by atoms with Gasteiger partial charge in [0.25, 0.3) is 0 Å². The van der Waals surface area contributed by atoms with E-state index in [1.807, 2.05) is 0 Å². The van der Waals surface area contributed by atoms with Gasteiger partial charge in [-0.25, -0.2) is 18.1 Å². The van der Waals surface area contributed by atoms with Gasteiger partial charge < -0.3 is 5.11 Å². The molecule has 1 unspecified atom stereocenters. The van der Waals surface area contributed by atoms with Gasteiger partial charge in [-0.2, -0.15) is 0 Å². The molecule has 0 aliphatic heterocycles. The molecule has 0 aromatic carbocycles. The SMILES string of the molecule is CC(NS(=O)(=O)CCCC(=O)O)c1nccs1. The summed E-state index contributed by atoms with van der Waals surface area (Å²) in [6.45, 7) is 1.70. The van der Waals surface area contributed by atoms with Crippen LogP contribution in [0.2, 0.25) is 0 Å². The van der Waals surface area contributed by atoms with Crippen LogP contribution in [0.5, 0.6) is 0 Å². The molecule has 0 saturated carbocycles. The summed E-state index contributed by atoms with van der Waals surface area (Å²) in [6.07, 6.45) is 1.57. The number of carbonyl (C=O) groups is 1. The Kier molecular flexibility index (Phi) is 5.03. The second-order valence-electron chi connectivity index (χ2n) is 3.53. The van der Waals surface area contributed by atoms with Gasteiger partial charge in [0.1, 0.15) is 5.01 Å². The fourth-order valence-corrected chi connectivity index (χ4v) is 3.25. The van der Waals surface area contributed by atoms with Crippen LogP contribution >= 0.6 is 11.3 Å². The molecule has 0 saturated heterocycles. The predicted molar refractivity (Wildman–Crippen MR) is 64.3 cm³/mol. The third kappa shape index (κ3) is 5.24. The Balaban J connectivity index is 2.46. The van der Waals surface area contributed by atoms with Crippen molar-refractivity contribution < 1.29 is 18.3 Å². The van der Waals surface area contributed by atoms with Crippen LogP contribution < -0.4 is 4.72 Å². The summed E-state index contributed by atoms with van der Waals surface area (Å²) in [5.74, 6) is -1.18. The Labute approximate surface area is 104 Å². The molecule has 0 amide bonds. The number of thiazole rings is 1. The average molecular weight is 278 g/mol. The van der Waals surface area contributed by atoms with Crippen LogP contribution in [-0.4, -0.2) is 30.2 Å². The van der Waals surface area contributed by atoms with Gasteiger partial charge in [0.05, 0.1) is 11.8 Å². The zero-order valence-corrected chi connectivity index (χ0v) is 10.9. The lowest BCUT2D eigenvalue weighted by atomic mass is 10.3. The minimum atomic E-state index is -3.45. The molecule has 0 bridgehead atoms. The lowest BCUT2D eigenvalue weighted by molar-refractivity contribution is -0.137. The first-order valence-corrected chi connectivity index (χ1v) is 7.55. The first-order valence-electron chi connectivity index (χ1n) is 5.02. The molecule has 1 heterocycles. The smallest absolute Gasteiger partial charge is 0.303 e. The van der Waals surface area contributed by atoms with E-state index in [0.717, 1.165) is 0 Å². The van der Waals surface area contributed by atoms with Gasteiger partial charge in [0.2, 0.25) is 10.0 Å². The van der Waals surface area contributed by atoms with Crippen LogP contribution in [0, 0.1) is 0 Å². The van der Waals surface area contributed by atoms with E-state index >= 15 is 0 Å². The second kappa shape index (κ2) is 6.08. The molecule has 0 fully saturated rings. The average Bonchev–Trinajstić information content (AvgIpc) is 2.68. The van der Waals surface area contributed by atoms with Gasteiger partial charge in [-0.15, -0.1) is 11.3 Å². The number of aromatic nitrogens is 1. The van der Waals surface area contributed by atoms with Crippen molar-refractivity contribution >= 4 is 27.3 Å². The van der Waals surface area contributed by atoms with Crippen molar-refractivity contribution in [2.75, 3.05) is 5.75 Å². The third-order valence-corrected chi connectivity index (χ3v) is 4.48. The van der Waals surface area contributed by atoms with Crippen LogP contribution in [-0.2, 0) is 14.8 Å². The molecule has 6 nitrogen and oxygen atoms in total. The van der Waals surface area contributed by atoms with Crippen molar-refractivity contribution in [3.8, 4) is 0 Å². The van der Waals surface area contributed by atoms with E-state index in [-0.39, 0.29) is 24.6 Å². The molecule has 8 heteroatoms. The fraction of sp³-hybridized carbons (Fsp3) is 0.556. The second-order valence-corrected chi connectivity index (χ2v) is 6.33. The Morgan fingerprint density at radius 1 is 1.65 bits per heavy atom. The van der Waals surface area contributed by atoms with Crippen molar-refractivity contribution in [1.82, 2.24) is 9.71 Å². The minimum Gasteiger partial charge on any atom is -0.481 e. The molecule has 1 rings (SSSR count). The van der Waals surface area contributed by atoms with Crippen molar-refractivity contribution in [2.45, 2.75) is 25.8 Å². The zero-order chi connectivity index (χ0) is 12.9. The van der Waals surface area contributed by atoms with Crippen LogP contribution in [0.1, 0.15) is 30.8 Å². The number of hydrogen-bond acceptors (Lipinski definition) is 5. The van der Waals surface area contributed by atoms with E-state index in [0.29, 0.717) is 5.01 Å². The summed E-state index contributed by atoms with van der Waals surface area (Å²) in [5.41, 5.74) is 0. The predicted octanol–water partition coefficient (Wildman–Crippen LogP) is 0.988. The molecule has 0 spiro atoms. The van der Waals surface area contributed by atoms with Crippen LogP contribution in [0.25, 0.3) is 0 Å². The highest BCUT2D eigenvalue weighted by Gasteiger charge is 2.17. The van der Waals surface area contributed by atoms with Crippen molar-refractivity contribution in [3.63, 3.8) is 0 Å². The topological polar surface area (TPSA) is 96.4 Å². The van der Waals surface area contributed by atoms with Gasteiger partial charge in [-0.05, 0) is 13.3 Å². The molecular weight excluding hydrogens is 264 g/mol.